The Kier molecular flexibility index (Phi) is 45.0. The van der Waals surface area contributed by atoms with Gasteiger partial charge in [-0.2, -0.15) is 0 Å². The average Bonchev–Trinajstić information content (AvgIpc) is 3.07. The molecule has 0 saturated carbocycles. The average molecular weight is 659 g/mol. The molecule has 282 valence electrons. The van der Waals surface area contributed by atoms with E-state index in [4.69, 9.17) is 0 Å². The van der Waals surface area contributed by atoms with Crippen molar-refractivity contribution in [3.63, 3.8) is 0 Å². The van der Waals surface area contributed by atoms with Crippen LogP contribution >= 0.6 is 0 Å². The molecule has 0 nitrogen and oxygen atoms in total. The summed E-state index contributed by atoms with van der Waals surface area (Å²) in [5.74, 6) is 0.921. The molecule has 0 rings (SSSR count). The third-order valence-corrected chi connectivity index (χ3v) is 10.4. The molecule has 0 unspecified atom stereocenters. The highest BCUT2D eigenvalue weighted by Gasteiger charge is 2.11. The number of allylic oxidation sites excluding steroid dienone is 2. The van der Waals surface area contributed by atoms with Crippen LogP contribution in [0.15, 0.2) is 24.3 Å². The van der Waals surface area contributed by atoms with Crippen molar-refractivity contribution in [1.82, 2.24) is 0 Å². The predicted molar refractivity (Wildman–Crippen MR) is 221 cm³/mol. The Morgan fingerprint density at radius 1 is 0.298 bits per heavy atom. The summed E-state index contributed by atoms with van der Waals surface area (Å²) in [7, 11) is 0. The van der Waals surface area contributed by atoms with Gasteiger partial charge < -0.3 is 0 Å². The number of hydrogen-bond acceptors (Lipinski definition) is 0. The van der Waals surface area contributed by atoms with Gasteiger partial charge in [0.1, 0.15) is 0 Å². The third-order valence-electron chi connectivity index (χ3n) is 10.4. The second-order valence-corrected chi connectivity index (χ2v) is 15.6. The van der Waals surface area contributed by atoms with Crippen molar-refractivity contribution in [2.24, 2.45) is 5.92 Å². The Morgan fingerprint density at radius 3 is 0.851 bits per heavy atom. The van der Waals surface area contributed by atoms with Gasteiger partial charge in [-0.15, -0.1) is 0 Å². The van der Waals surface area contributed by atoms with Gasteiger partial charge in [0.2, 0.25) is 0 Å². The van der Waals surface area contributed by atoms with Crippen LogP contribution in [-0.2, 0) is 0 Å². The fraction of sp³-hybridized carbons (Fsp3) is 0.915. The van der Waals surface area contributed by atoms with Crippen molar-refractivity contribution in [1.29, 1.82) is 0 Å². The summed E-state index contributed by atoms with van der Waals surface area (Å²) in [4.78, 5) is 0. The molecule has 0 radical (unpaired) electrons. The SMILES string of the molecule is C=C(CCCCCC)CCCCCCCCCCC.C=C(CCCCCCCC)CC(CCCCCCCC)CCCCCCCC. The van der Waals surface area contributed by atoms with E-state index in [0.717, 1.165) is 5.92 Å². The first-order chi connectivity index (χ1) is 23.0. The maximum Gasteiger partial charge on any atom is -0.0294 e. The Morgan fingerprint density at radius 2 is 0.532 bits per heavy atom. The fourth-order valence-electron chi connectivity index (χ4n) is 7.05. The molecule has 0 heteroatoms. The van der Waals surface area contributed by atoms with E-state index >= 15 is 0 Å². The molecule has 0 aromatic heterocycles. The van der Waals surface area contributed by atoms with E-state index in [1.165, 1.54) is 243 Å². The molecule has 0 saturated heterocycles. The highest BCUT2D eigenvalue weighted by molar-refractivity contribution is 4.96. The van der Waals surface area contributed by atoms with Crippen LogP contribution in [0.5, 0.6) is 0 Å². The molecule has 0 N–H and O–H groups in total. The lowest BCUT2D eigenvalue weighted by Gasteiger charge is -2.18. The maximum absolute atomic E-state index is 4.47. The standard InChI is InChI=1S/C28H56.C19H38/c1-5-8-11-14-17-20-23-27(4)26-28(24-21-18-15-12-9-6-2)25-22-19-16-13-10-7-3;1-4-6-8-10-11-12-13-14-16-18-19(3)17-15-9-7-5-2/h28H,4-26H2,1-3H3;3-18H2,1-2H3. The van der Waals surface area contributed by atoms with Crippen LogP contribution in [0.2, 0.25) is 0 Å². The van der Waals surface area contributed by atoms with Crippen molar-refractivity contribution in [2.75, 3.05) is 0 Å². The molecule has 47 heavy (non-hydrogen) atoms. The lowest BCUT2D eigenvalue weighted by atomic mass is 9.87. The summed E-state index contributed by atoms with van der Waals surface area (Å²) in [5.41, 5.74) is 3.05. The van der Waals surface area contributed by atoms with Crippen LogP contribution in [-0.4, -0.2) is 0 Å². The monoisotopic (exact) mass is 659 g/mol. The molecule has 0 aliphatic rings. The molecule has 0 fully saturated rings. The summed E-state index contributed by atoms with van der Waals surface area (Å²) in [5, 5.41) is 0. The van der Waals surface area contributed by atoms with Crippen LogP contribution in [0, 0.1) is 5.92 Å². The van der Waals surface area contributed by atoms with E-state index in [1.54, 1.807) is 5.57 Å². The first-order valence-electron chi connectivity index (χ1n) is 22.4. The smallest absolute Gasteiger partial charge is 0.0294 e. The second-order valence-electron chi connectivity index (χ2n) is 15.6. The molecule has 0 aromatic carbocycles. The van der Waals surface area contributed by atoms with Gasteiger partial charge in [0, 0.05) is 0 Å². The first kappa shape index (κ1) is 48.6. The minimum absolute atomic E-state index is 0.921. The Balaban J connectivity index is 0. The molecule has 0 spiro atoms. The largest absolute Gasteiger partial charge is 0.0999 e. The minimum Gasteiger partial charge on any atom is -0.0999 e. The molecule has 0 heterocycles. The van der Waals surface area contributed by atoms with Gasteiger partial charge in [-0.25, -0.2) is 0 Å². The van der Waals surface area contributed by atoms with E-state index in [-0.39, 0.29) is 0 Å². The first-order valence-corrected chi connectivity index (χ1v) is 22.4. The lowest BCUT2D eigenvalue weighted by molar-refractivity contribution is 0.396. The van der Waals surface area contributed by atoms with Crippen LogP contribution < -0.4 is 0 Å². The van der Waals surface area contributed by atoms with Crippen LogP contribution in [0.1, 0.15) is 272 Å². The number of rotatable bonds is 38. The predicted octanol–water partition coefficient (Wildman–Crippen LogP) is 18.2. The summed E-state index contributed by atoms with van der Waals surface area (Å²) in [6.45, 7) is 20.2. The van der Waals surface area contributed by atoms with Crippen molar-refractivity contribution >= 4 is 0 Å². The minimum atomic E-state index is 0.921. The number of unbranched alkanes of at least 4 members (excludes halogenated alkanes) is 26. The Labute approximate surface area is 301 Å². The van der Waals surface area contributed by atoms with Crippen molar-refractivity contribution in [3.8, 4) is 0 Å². The van der Waals surface area contributed by atoms with Gasteiger partial charge in [0.15, 0.2) is 0 Å². The van der Waals surface area contributed by atoms with Crippen LogP contribution in [0.25, 0.3) is 0 Å². The summed E-state index contributed by atoms with van der Waals surface area (Å²) < 4.78 is 0. The van der Waals surface area contributed by atoms with Crippen molar-refractivity contribution in [3.05, 3.63) is 24.3 Å². The van der Waals surface area contributed by atoms with E-state index in [0.29, 0.717) is 0 Å². The van der Waals surface area contributed by atoms with Gasteiger partial charge in [0.05, 0.1) is 0 Å². The van der Waals surface area contributed by atoms with Gasteiger partial charge >= 0.3 is 0 Å². The highest BCUT2D eigenvalue weighted by atomic mass is 14.2. The molecular weight excluding hydrogens is 565 g/mol. The molecule has 0 aromatic rings. The van der Waals surface area contributed by atoms with Crippen LogP contribution in [0.3, 0.4) is 0 Å². The summed E-state index contributed by atoms with van der Waals surface area (Å²) in [6, 6.07) is 0. The molecule has 0 aliphatic heterocycles. The summed E-state index contributed by atoms with van der Waals surface area (Å²) in [6.07, 6.45) is 52.0. The molecular formula is C47H94. The maximum atomic E-state index is 4.47. The van der Waals surface area contributed by atoms with Crippen LogP contribution in [0.4, 0.5) is 0 Å². The highest BCUT2D eigenvalue weighted by Crippen LogP contribution is 2.27. The van der Waals surface area contributed by atoms with E-state index in [2.05, 4.69) is 47.8 Å². The quantitative estimate of drug-likeness (QED) is 0.0457. The zero-order valence-corrected chi connectivity index (χ0v) is 34.2. The van der Waals surface area contributed by atoms with E-state index < -0.39 is 0 Å². The number of hydrogen-bond donors (Lipinski definition) is 0. The van der Waals surface area contributed by atoms with Crippen molar-refractivity contribution < 1.29 is 0 Å². The molecule has 0 atom stereocenters. The van der Waals surface area contributed by atoms with Gasteiger partial charge in [-0.05, 0) is 50.9 Å². The second kappa shape index (κ2) is 43.5. The van der Waals surface area contributed by atoms with Crippen molar-refractivity contribution in [2.45, 2.75) is 272 Å². The Bertz CT molecular complexity index is 569. The van der Waals surface area contributed by atoms with Gasteiger partial charge in [0.25, 0.3) is 0 Å². The zero-order valence-electron chi connectivity index (χ0n) is 34.2. The van der Waals surface area contributed by atoms with Gasteiger partial charge in [-0.3, -0.25) is 0 Å². The third kappa shape index (κ3) is 43.5. The molecule has 0 aliphatic carbocycles. The molecule has 0 bridgehead atoms. The Hall–Kier alpha value is -0.520. The molecule has 0 amide bonds. The van der Waals surface area contributed by atoms with Gasteiger partial charge in [-0.1, -0.05) is 252 Å². The zero-order chi connectivity index (χ0) is 34.9. The lowest BCUT2D eigenvalue weighted by Crippen LogP contribution is -2.03. The summed E-state index contributed by atoms with van der Waals surface area (Å²) >= 11 is 0. The van der Waals surface area contributed by atoms with E-state index in [1.807, 2.05) is 0 Å². The normalized spacial score (nSPS) is 11.2. The fourth-order valence-corrected chi connectivity index (χ4v) is 7.05. The van der Waals surface area contributed by atoms with E-state index in [9.17, 15) is 0 Å². The topological polar surface area (TPSA) is 0 Å².